The lowest BCUT2D eigenvalue weighted by Gasteiger charge is -2.24. The topological polar surface area (TPSA) is 55.3 Å². The van der Waals surface area contributed by atoms with Crippen LogP contribution in [0.25, 0.3) is 0 Å². The first kappa shape index (κ1) is 27.0. The molecule has 190 valence electrons. The lowest BCUT2D eigenvalue weighted by molar-refractivity contribution is 0.0295. The normalized spacial score (nSPS) is 18.8. The molecule has 0 spiro atoms. The summed E-state index contributed by atoms with van der Waals surface area (Å²) in [6, 6.07) is 8.38. The van der Waals surface area contributed by atoms with Gasteiger partial charge in [-0.25, -0.2) is 4.79 Å². The van der Waals surface area contributed by atoms with Crippen LogP contribution in [0.15, 0.2) is 46.5 Å². The molecule has 2 fully saturated rings. The summed E-state index contributed by atoms with van der Waals surface area (Å²) < 4.78 is 5.53. The zero-order chi connectivity index (χ0) is 24.7. The largest absolute Gasteiger partial charge is 0.444 e. The van der Waals surface area contributed by atoms with Gasteiger partial charge < -0.3 is 9.64 Å². The zero-order valence-electron chi connectivity index (χ0n) is 20.8. The van der Waals surface area contributed by atoms with E-state index in [9.17, 15) is 4.79 Å². The SMILES string of the molecule is CC(C)(C)OC(=O)N1CCC(SCc2ncccc2SSc2cccnc2CSC2CCCC2)C1. The van der Waals surface area contributed by atoms with Gasteiger partial charge in [-0.05, 0) is 64.3 Å². The van der Waals surface area contributed by atoms with Gasteiger partial charge in [0.1, 0.15) is 5.60 Å². The van der Waals surface area contributed by atoms with Crippen LogP contribution in [0.4, 0.5) is 4.79 Å². The number of likely N-dealkylation sites (tertiary alicyclic amines) is 1. The molecule has 1 saturated carbocycles. The van der Waals surface area contributed by atoms with Crippen molar-refractivity contribution < 1.29 is 9.53 Å². The van der Waals surface area contributed by atoms with Crippen molar-refractivity contribution in [2.45, 2.75) is 90.3 Å². The van der Waals surface area contributed by atoms with E-state index in [1.54, 1.807) is 21.6 Å². The van der Waals surface area contributed by atoms with E-state index in [4.69, 9.17) is 4.74 Å². The summed E-state index contributed by atoms with van der Waals surface area (Å²) in [6.07, 6.45) is 10.0. The minimum absolute atomic E-state index is 0.204. The molecule has 1 amide bonds. The van der Waals surface area contributed by atoms with Crippen molar-refractivity contribution in [2.75, 3.05) is 13.1 Å². The number of aromatic nitrogens is 2. The van der Waals surface area contributed by atoms with E-state index in [0.717, 1.165) is 42.0 Å². The quantitative estimate of drug-likeness (QED) is 0.295. The summed E-state index contributed by atoms with van der Waals surface area (Å²) in [6.45, 7) is 7.23. The van der Waals surface area contributed by atoms with Gasteiger partial charge in [0.2, 0.25) is 0 Å². The van der Waals surface area contributed by atoms with Gasteiger partial charge in [-0.2, -0.15) is 23.5 Å². The minimum atomic E-state index is -0.455. The van der Waals surface area contributed by atoms with Crippen molar-refractivity contribution in [1.29, 1.82) is 0 Å². The van der Waals surface area contributed by atoms with Crippen molar-refractivity contribution in [2.24, 2.45) is 0 Å². The first-order valence-electron chi connectivity index (χ1n) is 12.3. The van der Waals surface area contributed by atoms with Gasteiger partial charge in [0.25, 0.3) is 0 Å². The highest BCUT2D eigenvalue weighted by molar-refractivity contribution is 8.76. The summed E-state index contributed by atoms with van der Waals surface area (Å²) in [5, 5.41) is 1.21. The molecule has 1 aliphatic heterocycles. The number of pyridine rings is 2. The summed E-state index contributed by atoms with van der Waals surface area (Å²) in [5.41, 5.74) is 1.84. The van der Waals surface area contributed by atoms with Gasteiger partial charge in [-0.3, -0.25) is 9.97 Å². The van der Waals surface area contributed by atoms with Gasteiger partial charge >= 0.3 is 6.09 Å². The number of carbonyl (C=O) groups is 1. The van der Waals surface area contributed by atoms with Crippen molar-refractivity contribution in [3.05, 3.63) is 48.0 Å². The summed E-state index contributed by atoms with van der Waals surface area (Å²) >= 11 is 3.95. The van der Waals surface area contributed by atoms with Crippen molar-refractivity contribution >= 4 is 51.2 Å². The lowest BCUT2D eigenvalue weighted by Crippen LogP contribution is -2.35. The van der Waals surface area contributed by atoms with Crippen LogP contribution in [-0.4, -0.2) is 50.2 Å². The molecule has 9 heteroatoms. The maximum atomic E-state index is 12.4. The average molecular weight is 550 g/mol. The fraction of sp³-hybridized carbons (Fsp3) is 0.577. The van der Waals surface area contributed by atoms with Crippen molar-refractivity contribution in [3.8, 4) is 0 Å². The third-order valence-corrected chi connectivity index (χ3v) is 11.1. The molecule has 2 aliphatic rings. The number of thioether (sulfide) groups is 2. The Bertz CT molecular complexity index is 979. The van der Waals surface area contributed by atoms with E-state index in [1.165, 1.54) is 41.2 Å². The molecule has 4 rings (SSSR count). The second-order valence-electron chi connectivity index (χ2n) is 9.93. The highest BCUT2D eigenvalue weighted by atomic mass is 33.1. The molecular formula is C26H35N3O2S4. The summed E-state index contributed by atoms with van der Waals surface area (Å²) in [4.78, 5) is 26.0. The van der Waals surface area contributed by atoms with E-state index in [1.807, 2.05) is 62.0 Å². The fourth-order valence-electron chi connectivity index (χ4n) is 4.11. The maximum Gasteiger partial charge on any atom is 0.410 e. The number of ether oxygens (including phenoxy) is 1. The molecule has 0 radical (unpaired) electrons. The van der Waals surface area contributed by atoms with Gasteiger partial charge in [-0.1, -0.05) is 34.4 Å². The van der Waals surface area contributed by atoms with E-state index < -0.39 is 5.60 Å². The van der Waals surface area contributed by atoms with Gasteiger partial charge in [0.15, 0.2) is 0 Å². The van der Waals surface area contributed by atoms with Crippen LogP contribution in [0.1, 0.15) is 64.3 Å². The number of nitrogens with zero attached hydrogens (tertiary/aromatic N) is 3. The third kappa shape index (κ3) is 8.51. The van der Waals surface area contributed by atoms with E-state index in [-0.39, 0.29) is 6.09 Å². The fourth-order valence-corrected chi connectivity index (χ4v) is 9.10. The Morgan fingerprint density at radius 1 is 0.943 bits per heavy atom. The highest BCUT2D eigenvalue weighted by Gasteiger charge is 2.30. The molecule has 3 heterocycles. The zero-order valence-corrected chi connectivity index (χ0v) is 24.0. The molecule has 0 bridgehead atoms. The lowest BCUT2D eigenvalue weighted by atomic mass is 10.2. The van der Waals surface area contributed by atoms with Crippen LogP contribution in [0.3, 0.4) is 0 Å². The van der Waals surface area contributed by atoms with E-state index in [0.29, 0.717) is 5.25 Å². The highest BCUT2D eigenvalue weighted by Crippen LogP contribution is 2.42. The smallest absolute Gasteiger partial charge is 0.410 e. The number of amides is 1. The molecule has 1 aliphatic carbocycles. The molecule has 5 nitrogen and oxygen atoms in total. The van der Waals surface area contributed by atoms with E-state index >= 15 is 0 Å². The monoisotopic (exact) mass is 549 g/mol. The average Bonchev–Trinajstić information content (AvgIpc) is 3.52. The number of hydrogen-bond donors (Lipinski definition) is 0. The van der Waals surface area contributed by atoms with Gasteiger partial charge in [0.05, 0.1) is 11.4 Å². The van der Waals surface area contributed by atoms with Crippen LogP contribution in [-0.2, 0) is 16.2 Å². The molecule has 1 unspecified atom stereocenters. The summed E-state index contributed by atoms with van der Waals surface area (Å²) in [7, 11) is 3.56. The number of rotatable bonds is 9. The molecular weight excluding hydrogens is 515 g/mol. The van der Waals surface area contributed by atoms with Crippen molar-refractivity contribution in [1.82, 2.24) is 14.9 Å². The molecule has 2 aromatic rings. The van der Waals surface area contributed by atoms with E-state index in [2.05, 4.69) is 33.9 Å². The van der Waals surface area contributed by atoms with Crippen LogP contribution < -0.4 is 0 Å². The number of hydrogen-bond acceptors (Lipinski definition) is 8. The molecule has 0 N–H and O–H groups in total. The first-order chi connectivity index (χ1) is 16.9. The Labute approximate surface area is 226 Å². The molecule has 2 aromatic heterocycles. The second kappa shape index (κ2) is 13.0. The van der Waals surface area contributed by atoms with Crippen molar-refractivity contribution in [3.63, 3.8) is 0 Å². The Morgan fingerprint density at radius 2 is 1.51 bits per heavy atom. The Kier molecular flexibility index (Phi) is 10.0. The standard InChI is InChI=1S/C26H35N3O2S4/c1-26(2,3)31-25(30)29-15-12-20(16-29)33-18-22-24(11-7-14-28-22)35-34-23-10-6-13-27-21(23)17-32-19-8-4-5-9-19/h6-7,10-11,13-14,19-20H,4-5,8-9,12,15-18H2,1-3H3. The van der Waals surface area contributed by atoms with Crippen LogP contribution in [0, 0.1) is 0 Å². The number of carbonyl (C=O) groups excluding carboxylic acids is 1. The van der Waals surface area contributed by atoms with Crippen LogP contribution >= 0.6 is 45.1 Å². The Hall–Kier alpha value is -1.03. The molecule has 1 atom stereocenters. The Balaban J connectivity index is 1.29. The van der Waals surface area contributed by atoms with Gasteiger partial charge in [-0.15, -0.1) is 0 Å². The third-order valence-electron chi connectivity index (χ3n) is 5.93. The molecule has 35 heavy (non-hydrogen) atoms. The van der Waals surface area contributed by atoms with Crippen LogP contribution in [0.2, 0.25) is 0 Å². The predicted octanol–water partition coefficient (Wildman–Crippen LogP) is 7.69. The molecule has 1 saturated heterocycles. The molecule has 0 aromatic carbocycles. The summed E-state index contributed by atoms with van der Waals surface area (Å²) in [5.74, 6) is 1.83. The first-order valence-corrected chi connectivity index (χ1v) is 16.6. The second-order valence-corrected chi connectivity index (χ2v) is 14.7. The minimum Gasteiger partial charge on any atom is -0.444 e. The van der Waals surface area contributed by atoms with Crippen LogP contribution in [0.5, 0.6) is 0 Å². The van der Waals surface area contributed by atoms with Gasteiger partial charge in [0, 0.05) is 57.3 Å². The maximum absolute atomic E-state index is 12.4. The Morgan fingerprint density at radius 3 is 2.09 bits per heavy atom. The predicted molar refractivity (Wildman–Crippen MR) is 151 cm³/mol.